The Bertz CT molecular complexity index is 1320. The number of hydrogen-bond acceptors (Lipinski definition) is 7. The molecule has 0 amide bonds. The minimum atomic E-state index is 0.0202. The van der Waals surface area contributed by atoms with E-state index in [-0.39, 0.29) is 5.56 Å². The first kappa shape index (κ1) is 19.5. The second-order valence-corrected chi connectivity index (χ2v) is 9.72. The highest BCUT2D eigenvalue weighted by molar-refractivity contribution is 7.98. The van der Waals surface area contributed by atoms with Gasteiger partial charge in [0.25, 0.3) is 5.56 Å². The third-order valence-electron chi connectivity index (χ3n) is 5.60. The summed E-state index contributed by atoms with van der Waals surface area (Å²) in [5.41, 5.74) is 4.42. The predicted octanol–water partition coefficient (Wildman–Crippen LogP) is 4.93. The lowest BCUT2D eigenvalue weighted by Crippen LogP contribution is -2.22. The maximum Gasteiger partial charge on any atom is 0.267 e. The summed E-state index contributed by atoms with van der Waals surface area (Å²) in [4.78, 5) is 20.9. The van der Waals surface area contributed by atoms with Crippen LogP contribution < -0.4 is 5.56 Å². The van der Waals surface area contributed by atoms with Crippen LogP contribution in [0.2, 0.25) is 0 Å². The van der Waals surface area contributed by atoms with Crippen LogP contribution in [-0.2, 0) is 18.6 Å². The third kappa shape index (κ3) is 3.37. The monoisotopic (exact) mass is 438 g/mol. The van der Waals surface area contributed by atoms with Gasteiger partial charge in [0.15, 0.2) is 5.16 Å². The quantitative estimate of drug-likeness (QED) is 0.332. The molecule has 1 aliphatic carbocycles. The molecule has 0 fully saturated rings. The Kier molecular flexibility index (Phi) is 4.99. The van der Waals surface area contributed by atoms with Crippen molar-refractivity contribution in [3.63, 3.8) is 0 Å². The lowest BCUT2D eigenvalue weighted by atomic mass is 9.97. The first-order valence-corrected chi connectivity index (χ1v) is 11.9. The summed E-state index contributed by atoms with van der Waals surface area (Å²) in [7, 11) is 0. The van der Waals surface area contributed by atoms with Gasteiger partial charge in [-0.05, 0) is 68.4 Å². The van der Waals surface area contributed by atoms with Gasteiger partial charge in [-0.1, -0.05) is 17.8 Å². The summed E-state index contributed by atoms with van der Waals surface area (Å²) in [5.74, 6) is 1.53. The molecule has 0 saturated heterocycles. The van der Waals surface area contributed by atoms with E-state index in [2.05, 4.69) is 36.2 Å². The minimum Gasteiger partial charge on any atom is -0.425 e. The van der Waals surface area contributed by atoms with Crippen molar-refractivity contribution in [2.75, 3.05) is 0 Å². The highest BCUT2D eigenvalue weighted by Crippen LogP contribution is 2.35. The number of aryl methyl sites for hydroxylation is 5. The molecule has 0 N–H and O–H groups in total. The predicted molar refractivity (Wildman–Crippen MR) is 120 cm³/mol. The second-order valence-electron chi connectivity index (χ2n) is 7.70. The average Bonchev–Trinajstić information content (AvgIpc) is 3.31. The van der Waals surface area contributed by atoms with Gasteiger partial charge in [-0.25, -0.2) is 4.98 Å². The second kappa shape index (κ2) is 7.67. The Hall–Kier alpha value is -2.45. The van der Waals surface area contributed by atoms with Crippen molar-refractivity contribution >= 4 is 33.3 Å². The summed E-state index contributed by atoms with van der Waals surface area (Å²) >= 11 is 3.13. The van der Waals surface area contributed by atoms with Gasteiger partial charge in [0, 0.05) is 11.8 Å². The molecule has 3 aromatic heterocycles. The summed E-state index contributed by atoms with van der Waals surface area (Å²) in [6.45, 7) is 5.91. The van der Waals surface area contributed by atoms with Gasteiger partial charge in [0.2, 0.25) is 11.8 Å². The molecule has 0 unspecified atom stereocenters. The van der Waals surface area contributed by atoms with E-state index in [1.54, 1.807) is 22.8 Å². The first-order valence-electron chi connectivity index (χ1n) is 10.1. The van der Waals surface area contributed by atoms with Crippen LogP contribution in [-0.4, -0.2) is 19.7 Å². The van der Waals surface area contributed by atoms with Crippen molar-refractivity contribution in [1.29, 1.82) is 0 Å². The fourth-order valence-electron chi connectivity index (χ4n) is 3.90. The van der Waals surface area contributed by atoms with Gasteiger partial charge in [0.05, 0.1) is 16.8 Å². The summed E-state index contributed by atoms with van der Waals surface area (Å²) in [6, 6.07) is 6.11. The molecule has 4 aromatic rings. The molecule has 0 aliphatic heterocycles. The van der Waals surface area contributed by atoms with E-state index >= 15 is 0 Å². The first-order chi connectivity index (χ1) is 14.5. The molecule has 154 valence electrons. The zero-order valence-electron chi connectivity index (χ0n) is 17.2. The van der Waals surface area contributed by atoms with E-state index in [1.807, 2.05) is 6.07 Å². The van der Waals surface area contributed by atoms with Crippen molar-refractivity contribution in [3.8, 4) is 5.69 Å². The molecule has 3 heterocycles. The lowest BCUT2D eigenvalue weighted by molar-refractivity contribution is 0.485. The lowest BCUT2D eigenvalue weighted by Gasteiger charge is -2.14. The zero-order chi connectivity index (χ0) is 20.8. The van der Waals surface area contributed by atoms with Gasteiger partial charge >= 0.3 is 0 Å². The summed E-state index contributed by atoms with van der Waals surface area (Å²) < 4.78 is 7.27. The molecule has 5 rings (SSSR count). The van der Waals surface area contributed by atoms with Crippen LogP contribution in [0.15, 0.2) is 32.6 Å². The Morgan fingerprint density at radius 3 is 2.73 bits per heavy atom. The van der Waals surface area contributed by atoms with Crippen molar-refractivity contribution in [2.45, 2.75) is 57.4 Å². The number of aromatic nitrogens is 4. The van der Waals surface area contributed by atoms with Crippen LogP contribution in [0, 0.1) is 20.8 Å². The molecule has 8 heteroatoms. The van der Waals surface area contributed by atoms with Crippen LogP contribution in [0.1, 0.15) is 46.2 Å². The average molecular weight is 439 g/mol. The van der Waals surface area contributed by atoms with Gasteiger partial charge in [0.1, 0.15) is 4.83 Å². The van der Waals surface area contributed by atoms with Crippen LogP contribution in [0.3, 0.4) is 0 Å². The Balaban J connectivity index is 1.69. The van der Waals surface area contributed by atoms with Crippen molar-refractivity contribution in [1.82, 2.24) is 19.7 Å². The normalized spacial score (nSPS) is 13.7. The van der Waals surface area contributed by atoms with Crippen molar-refractivity contribution in [3.05, 3.63) is 61.9 Å². The van der Waals surface area contributed by atoms with Crippen molar-refractivity contribution in [2.24, 2.45) is 0 Å². The molecule has 1 aromatic carbocycles. The fraction of sp³-hybridized carbons (Fsp3) is 0.364. The van der Waals surface area contributed by atoms with E-state index in [0.717, 1.165) is 40.7 Å². The number of hydrogen-bond donors (Lipinski definition) is 0. The molecule has 30 heavy (non-hydrogen) atoms. The van der Waals surface area contributed by atoms with E-state index in [1.165, 1.54) is 34.2 Å². The van der Waals surface area contributed by atoms with Crippen LogP contribution in [0.5, 0.6) is 0 Å². The number of rotatable bonds is 4. The Morgan fingerprint density at radius 1 is 1.13 bits per heavy atom. The molecule has 0 bridgehead atoms. The summed E-state index contributed by atoms with van der Waals surface area (Å²) in [5, 5.41) is 9.43. The fourth-order valence-corrected chi connectivity index (χ4v) is 6.05. The standard InChI is InChI=1S/C22H22N4O2S2/c1-12-8-9-15(10-13(12)2)26-21(27)19-16-6-4-5-7-17(16)30-20(19)23-22(26)29-11-18-25-24-14(3)28-18/h8-10H,4-7,11H2,1-3H3. The molecule has 0 radical (unpaired) electrons. The van der Waals surface area contributed by atoms with Crippen LogP contribution in [0.25, 0.3) is 15.9 Å². The van der Waals surface area contributed by atoms with E-state index < -0.39 is 0 Å². The Labute approximate surface area is 182 Å². The highest BCUT2D eigenvalue weighted by atomic mass is 32.2. The number of benzene rings is 1. The molecular formula is C22H22N4O2S2. The maximum absolute atomic E-state index is 13.8. The van der Waals surface area contributed by atoms with E-state index in [0.29, 0.717) is 22.7 Å². The third-order valence-corrected chi connectivity index (χ3v) is 7.71. The van der Waals surface area contributed by atoms with Gasteiger partial charge in [-0.3, -0.25) is 9.36 Å². The smallest absolute Gasteiger partial charge is 0.267 e. The van der Waals surface area contributed by atoms with E-state index in [4.69, 9.17) is 9.40 Å². The highest BCUT2D eigenvalue weighted by Gasteiger charge is 2.23. The maximum atomic E-state index is 13.8. The number of thioether (sulfide) groups is 1. The molecule has 0 spiro atoms. The Morgan fingerprint density at radius 2 is 1.97 bits per heavy atom. The number of nitrogens with zero attached hydrogens (tertiary/aromatic N) is 4. The van der Waals surface area contributed by atoms with Gasteiger partial charge in [-0.15, -0.1) is 21.5 Å². The SMILES string of the molecule is Cc1nnc(CSc2nc3sc4c(c3c(=O)n2-c2ccc(C)c(C)c2)CCCC4)o1. The van der Waals surface area contributed by atoms with Crippen LogP contribution >= 0.6 is 23.1 Å². The zero-order valence-corrected chi connectivity index (χ0v) is 18.8. The van der Waals surface area contributed by atoms with E-state index in [9.17, 15) is 4.79 Å². The number of thiophene rings is 1. The van der Waals surface area contributed by atoms with Crippen molar-refractivity contribution < 1.29 is 4.42 Å². The number of fused-ring (bicyclic) bond motifs is 3. The molecule has 0 atom stereocenters. The minimum absolute atomic E-state index is 0.0202. The molecule has 0 saturated carbocycles. The van der Waals surface area contributed by atoms with Gasteiger partial charge < -0.3 is 4.42 Å². The molecule has 6 nitrogen and oxygen atoms in total. The molecule has 1 aliphatic rings. The largest absolute Gasteiger partial charge is 0.425 e. The summed E-state index contributed by atoms with van der Waals surface area (Å²) in [6.07, 6.45) is 4.33. The molecular weight excluding hydrogens is 416 g/mol. The topological polar surface area (TPSA) is 73.8 Å². The van der Waals surface area contributed by atoms with Gasteiger partial charge in [-0.2, -0.15) is 0 Å². The van der Waals surface area contributed by atoms with Crippen LogP contribution in [0.4, 0.5) is 0 Å².